The third-order valence-electron chi connectivity index (χ3n) is 2.85. The van der Waals surface area contributed by atoms with E-state index in [-0.39, 0.29) is 5.56 Å². The Balaban J connectivity index is 2.15. The van der Waals surface area contributed by atoms with Crippen molar-refractivity contribution in [3.8, 4) is 0 Å². The zero-order chi connectivity index (χ0) is 11.7. The van der Waals surface area contributed by atoms with Crippen LogP contribution in [0, 0.1) is 5.92 Å². The van der Waals surface area contributed by atoms with Crippen LogP contribution in [-0.2, 0) is 0 Å². The maximum Gasteiger partial charge on any atom is 0.337 e. The maximum absolute atomic E-state index is 10.8. The minimum Gasteiger partial charge on any atom is -0.478 e. The van der Waals surface area contributed by atoms with Crippen molar-refractivity contribution in [2.45, 2.75) is 12.8 Å². The summed E-state index contributed by atoms with van der Waals surface area (Å²) in [5, 5.41) is 9.15. The molecule has 0 atom stereocenters. The molecular formula is C12H14ClNO2. The van der Waals surface area contributed by atoms with E-state index in [1.165, 1.54) is 12.8 Å². The summed E-state index contributed by atoms with van der Waals surface area (Å²) in [6.45, 7) is 1.02. The van der Waals surface area contributed by atoms with Gasteiger partial charge in [0, 0.05) is 19.3 Å². The molecule has 1 aliphatic rings. The summed E-state index contributed by atoms with van der Waals surface area (Å²) in [5.41, 5.74) is 1.13. The van der Waals surface area contributed by atoms with Gasteiger partial charge in [-0.05, 0) is 37.0 Å². The molecule has 0 radical (unpaired) electrons. The zero-order valence-corrected chi connectivity index (χ0v) is 9.87. The van der Waals surface area contributed by atoms with E-state index in [2.05, 4.69) is 4.90 Å². The second-order valence-corrected chi connectivity index (χ2v) is 4.70. The Morgan fingerprint density at radius 2 is 2.25 bits per heavy atom. The number of hydrogen-bond donors (Lipinski definition) is 1. The van der Waals surface area contributed by atoms with Crippen molar-refractivity contribution in [1.82, 2.24) is 0 Å². The first-order chi connectivity index (χ1) is 7.58. The van der Waals surface area contributed by atoms with Crippen molar-refractivity contribution in [3.63, 3.8) is 0 Å². The van der Waals surface area contributed by atoms with Gasteiger partial charge >= 0.3 is 5.97 Å². The summed E-state index contributed by atoms with van der Waals surface area (Å²) in [5.74, 6) is -0.190. The second kappa shape index (κ2) is 4.34. The Kier molecular flexibility index (Phi) is 3.06. The lowest BCUT2D eigenvalue weighted by Gasteiger charge is -2.19. The Labute approximate surface area is 99.6 Å². The van der Waals surface area contributed by atoms with Gasteiger partial charge in [0.15, 0.2) is 0 Å². The van der Waals surface area contributed by atoms with Crippen LogP contribution in [-0.4, -0.2) is 24.7 Å². The van der Waals surface area contributed by atoms with Crippen LogP contribution in [0.5, 0.6) is 0 Å². The van der Waals surface area contributed by atoms with Gasteiger partial charge in [-0.1, -0.05) is 11.6 Å². The molecule has 1 N–H and O–H groups in total. The lowest BCUT2D eigenvalue weighted by Crippen LogP contribution is -2.19. The molecule has 0 unspecified atom stereocenters. The largest absolute Gasteiger partial charge is 0.478 e. The van der Waals surface area contributed by atoms with Crippen molar-refractivity contribution in [2.75, 3.05) is 18.5 Å². The van der Waals surface area contributed by atoms with Gasteiger partial charge in [-0.2, -0.15) is 0 Å². The number of carboxylic acid groups (broad SMARTS) is 1. The number of carbonyl (C=O) groups is 1. The molecule has 1 aromatic rings. The van der Waals surface area contributed by atoms with Gasteiger partial charge in [0.25, 0.3) is 0 Å². The molecule has 0 bridgehead atoms. The number of carboxylic acids is 1. The van der Waals surface area contributed by atoms with Gasteiger partial charge in [0.2, 0.25) is 0 Å². The van der Waals surface area contributed by atoms with Gasteiger partial charge < -0.3 is 10.0 Å². The molecule has 4 heteroatoms. The molecule has 0 aromatic heterocycles. The number of hydrogen-bond acceptors (Lipinski definition) is 2. The van der Waals surface area contributed by atoms with E-state index < -0.39 is 5.97 Å². The van der Waals surface area contributed by atoms with Crippen molar-refractivity contribution < 1.29 is 9.90 Å². The molecule has 1 aliphatic carbocycles. The minimum atomic E-state index is -0.985. The summed E-state index contributed by atoms with van der Waals surface area (Å²) in [7, 11) is 2.00. The van der Waals surface area contributed by atoms with Crippen LogP contribution in [0.4, 0.5) is 5.69 Å². The van der Waals surface area contributed by atoms with Crippen LogP contribution in [0.15, 0.2) is 18.2 Å². The monoisotopic (exact) mass is 239 g/mol. The highest BCUT2D eigenvalue weighted by atomic mass is 35.5. The van der Waals surface area contributed by atoms with E-state index in [0.717, 1.165) is 18.2 Å². The van der Waals surface area contributed by atoms with Crippen molar-refractivity contribution in [2.24, 2.45) is 5.92 Å². The number of benzene rings is 1. The molecule has 0 saturated heterocycles. The first-order valence-corrected chi connectivity index (χ1v) is 5.69. The molecule has 86 valence electrons. The van der Waals surface area contributed by atoms with Crippen LogP contribution in [0.25, 0.3) is 0 Å². The smallest absolute Gasteiger partial charge is 0.337 e. The lowest BCUT2D eigenvalue weighted by atomic mass is 10.2. The van der Waals surface area contributed by atoms with E-state index in [1.54, 1.807) is 18.2 Å². The molecule has 3 nitrogen and oxygen atoms in total. The number of nitrogens with zero attached hydrogens (tertiary/aromatic N) is 1. The van der Waals surface area contributed by atoms with Crippen LogP contribution in [0.3, 0.4) is 0 Å². The highest BCUT2D eigenvalue weighted by Gasteiger charge is 2.23. The molecule has 1 aromatic carbocycles. The van der Waals surface area contributed by atoms with Crippen molar-refractivity contribution in [3.05, 3.63) is 28.8 Å². The predicted molar refractivity (Wildman–Crippen MR) is 64.4 cm³/mol. The summed E-state index contributed by atoms with van der Waals surface area (Å²) >= 11 is 5.91. The summed E-state index contributed by atoms with van der Waals surface area (Å²) in [4.78, 5) is 12.9. The van der Waals surface area contributed by atoms with Gasteiger partial charge in [0.1, 0.15) is 0 Å². The summed E-state index contributed by atoms with van der Waals surface area (Å²) in [6.07, 6.45) is 2.59. The molecule has 0 aliphatic heterocycles. The fourth-order valence-electron chi connectivity index (χ4n) is 1.71. The van der Waals surface area contributed by atoms with Gasteiger partial charge in [0.05, 0.1) is 10.6 Å². The second-order valence-electron chi connectivity index (χ2n) is 4.29. The Hall–Kier alpha value is -1.22. The summed E-state index contributed by atoms with van der Waals surface area (Å²) < 4.78 is 0. The Morgan fingerprint density at radius 3 is 2.75 bits per heavy atom. The number of rotatable bonds is 4. The normalized spacial score (nSPS) is 14.9. The first kappa shape index (κ1) is 11.3. The Morgan fingerprint density at radius 1 is 1.56 bits per heavy atom. The minimum absolute atomic E-state index is 0.158. The average molecular weight is 240 g/mol. The van der Waals surface area contributed by atoms with E-state index in [9.17, 15) is 4.79 Å². The highest BCUT2D eigenvalue weighted by molar-refractivity contribution is 6.33. The summed E-state index contributed by atoms with van der Waals surface area (Å²) in [6, 6.07) is 5.08. The van der Waals surface area contributed by atoms with Crippen LogP contribution in [0.1, 0.15) is 23.2 Å². The topological polar surface area (TPSA) is 40.5 Å². The van der Waals surface area contributed by atoms with Crippen LogP contribution >= 0.6 is 11.6 Å². The molecule has 0 heterocycles. The standard InChI is InChI=1S/C12H14ClNO2/c1-14(7-8-2-3-8)9-4-5-10(12(15)16)11(13)6-9/h4-6,8H,2-3,7H2,1H3,(H,15,16). The van der Waals surface area contributed by atoms with Gasteiger partial charge in [-0.15, -0.1) is 0 Å². The van der Waals surface area contributed by atoms with E-state index in [1.807, 2.05) is 7.05 Å². The Bertz CT molecular complexity index is 415. The van der Waals surface area contributed by atoms with E-state index in [4.69, 9.17) is 16.7 Å². The number of halogens is 1. The highest BCUT2D eigenvalue weighted by Crippen LogP contribution is 2.31. The molecule has 0 amide bonds. The predicted octanol–water partition coefficient (Wildman–Crippen LogP) is 2.88. The number of anilines is 1. The van der Waals surface area contributed by atoms with Crippen LogP contribution < -0.4 is 4.90 Å². The molecule has 16 heavy (non-hydrogen) atoms. The SMILES string of the molecule is CN(CC1CC1)c1ccc(C(=O)O)c(Cl)c1. The molecular weight excluding hydrogens is 226 g/mol. The fraction of sp³-hybridized carbons (Fsp3) is 0.417. The van der Waals surface area contributed by atoms with E-state index >= 15 is 0 Å². The van der Waals surface area contributed by atoms with Crippen molar-refractivity contribution >= 4 is 23.3 Å². The average Bonchev–Trinajstić information content (AvgIpc) is 3.00. The number of aromatic carboxylic acids is 1. The lowest BCUT2D eigenvalue weighted by molar-refractivity contribution is 0.0697. The van der Waals surface area contributed by atoms with E-state index in [0.29, 0.717) is 5.02 Å². The quantitative estimate of drug-likeness (QED) is 0.878. The molecule has 0 spiro atoms. The third-order valence-corrected chi connectivity index (χ3v) is 3.17. The third kappa shape index (κ3) is 2.47. The zero-order valence-electron chi connectivity index (χ0n) is 9.11. The maximum atomic E-state index is 10.8. The molecule has 1 fully saturated rings. The van der Waals surface area contributed by atoms with Crippen molar-refractivity contribution in [1.29, 1.82) is 0 Å². The van der Waals surface area contributed by atoms with Gasteiger partial charge in [-0.25, -0.2) is 4.79 Å². The van der Waals surface area contributed by atoms with Crippen LogP contribution in [0.2, 0.25) is 5.02 Å². The van der Waals surface area contributed by atoms with Gasteiger partial charge in [-0.3, -0.25) is 0 Å². The first-order valence-electron chi connectivity index (χ1n) is 5.32. The fourth-order valence-corrected chi connectivity index (χ4v) is 1.96. The molecule has 2 rings (SSSR count). The molecule has 1 saturated carbocycles.